The van der Waals surface area contributed by atoms with Crippen LogP contribution in [0.25, 0.3) is 22.2 Å². The summed E-state index contributed by atoms with van der Waals surface area (Å²) in [7, 11) is 0. The molecule has 2 heterocycles. The fourth-order valence-electron chi connectivity index (χ4n) is 6.10. The third-order valence-electron chi connectivity index (χ3n) is 7.95. The van der Waals surface area contributed by atoms with Gasteiger partial charge in [-0.15, -0.1) is 0 Å². The highest BCUT2D eigenvalue weighted by atomic mass is 16.6. The first-order chi connectivity index (χ1) is 18.9. The summed E-state index contributed by atoms with van der Waals surface area (Å²) in [5, 5.41) is 9.29. The molecule has 3 aromatic carbocycles. The lowest BCUT2D eigenvalue weighted by atomic mass is 9.78. The van der Waals surface area contributed by atoms with Crippen molar-refractivity contribution in [2.24, 2.45) is 11.7 Å². The molecule has 2 aliphatic rings. The molecule has 2 N–H and O–H groups in total. The Balaban J connectivity index is 1.14. The van der Waals surface area contributed by atoms with Crippen molar-refractivity contribution in [3.63, 3.8) is 0 Å². The molecule has 2 atom stereocenters. The van der Waals surface area contributed by atoms with Crippen LogP contribution >= 0.6 is 0 Å². The van der Waals surface area contributed by atoms with Crippen LogP contribution in [-0.4, -0.2) is 38.6 Å². The van der Waals surface area contributed by atoms with Crippen molar-refractivity contribution in [1.29, 1.82) is 5.26 Å². The number of benzene rings is 3. The number of ether oxygens (including phenoxy) is 1. The molecule has 1 unspecified atom stereocenters. The van der Waals surface area contributed by atoms with Crippen LogP contribution in [0.3, 0.4) is 0 Å². The van der Waals surface area contributed by atoms with Gasteiger partial charge >= 0.3 is 6.09 Å². The van der Waals surface area contributed by atoms with E-state index in [1.165, 1.54) is 0 Å². The van der Waals surface area contributed by atoms with Gasteiger partial charge in [0.05, 0.1) is 35.5 Å². The molecule has 2 fully saturated rings. The molecule has 0 bridgehead atoms. The van der Waals surface area contributed by atoms with Gasteiger partial charge < -0.3 is 15.0 Å². The van der Waals surface area contributed by atoms with E-state index in [0.717, 1.165) is 60.0 Å². The summed E-state index contributed by atoms with van der Waals surface area (Å²) in [5.41, 5.74) is 10.8. The molecule has 2 amide bonds. The Morgan fingerprint density at radius 2 is 1.97 bits per heavy atom. The van der Waals surface area contributed by atoms with Gasteiger partial charge in [-0.3, -0.25) is 9.69 Å². The van der Waals surface area contributed by atoms with Crippen LogP contribution in [0, 0.1) is 17.2 Å². The first-order valence-electron chi connectivity index (χ1n) is 13.2. The molecular formula is C31H29N5O3. The number of rotatable bonds is 6. The highest BCUT2D eigenvalue weighted by molar-refractivity contribution is 5.93. The first kappa shape index (κ1) is 24.7. The zero-order valence-corrected chi connectivity index (χ0v) is 21.5. The number of carbonyl (C=O) groups excluding carboxylic acids is 2. The number of hydrogen-bond donors (Lipinski definition) is 1. The number of amides is 2. The first-order valence-corrected chi connectivity index (χ1v) is 13.2. The topological polar surface area (TPSA) is 114 Å². The molecule has 1 aliphatic heterocycles. The largest absolute Gasteiger partial charge is 0.441 e. The van der Waals surface area contributed by atoms with Gasteiger partial charge in [-0.25, -0.2) is 9.78 Å². The van der Waals surface area contributed by atoms with E-state index in [4.69, 9.17) is 10.5 Å². The molecule has 1 saturated heterocycles. The maximum absolute atomic E-state index is 13.0. The van der Waals surface area contributed by atoms with Crippen LogP contribution in [0.15, 0.2) is 73.1 Å². The number of nitrogens with two attached hydrogens (primary N) is 1. The maximum Gasteiger partial charge on any atom is 0.410 e. The minimum atomic E-state index is -0.476. The van der Waals surface area contributed by atoms with Crippen LogP contribution < -0.4 is 5.73 Å². The molecule has 4 aromatic rings. The molecular weight excluding hydrogens is 490 g/mol. The second-order valence-corrected chi connectivity index (χ2v) is 10.7. The average Bonchev–Trinajstić information content (AvgIpc) is 3.47. The zero-order valence-electron chi connectivity index (χ0n) is 21.5. The van der Waals surface area contributed by atoms with E-state index in [9.17, 15) is 14.9 Å². The Kier molecular flexibility index (Phi) is 6.27. The Morgan fingerprint density at radius 1 is 1.13 bits per heavy atom. The van der Waals surface area contributed by atoms with Gasteiger partial charge in [-0.2, -0.15) is 5.26 Å². The molecule has 6 rings (SSSR count). The SMILES string of the molecule is N#Cc1ccc2ncn(CC3CCC[C@]4(C3)CN(Cc3cccc(-c5ccc(C(N)=O)cc5)c3)C(=O)O4)c2c1. The van der Waals surface area contributed by atoms with Gasteiger partial charge in [-0.05, 0) is 84.7 Å². The monoisotopic (exact) mass is 519 g/mol. The number of nitrogens with zero attached hydrogens (tertiary/aromatic N) is 4. The number of imidazole rings is 1. The quantitative estimate of drug-likeness (QED) is 0.373. The van der Waals surface area contributed by atoms with E-state index in [2.05, 4.69) is 21.7 Å². The fourth-order valence-corrected chi connectivity index (χ4v) is 6.10. The van der Waals surface area contributed by atoms with E-state index in [1.807, 2.05) is 53.7 Å². The second-order valence-electron chi connectivity index (χ2n) is 10.7. The normalized spacial score (nSPS) is 20.7. The Hall–Kier alpha value is -4.64. The van der Waals surface area contributed by atoms with Crippen molar-refractivity contribution in [3.8, 4) is 17.2 Å². The number of fused-ring (bicyclic) bond motifs is 1. The van der Waals surface area contributed by atoms with E-state index in [1.54, 1.807) is 18.2 Å². The lowest BCUT2D eigenvalue weighted by molar-refractivity contribution is 0.00414. The number of carbonyl (C=O) groups is 2. The number of nitriles is 1. The minimum absolute atomic E-state index is 0.265. The minimum Gasteiger partial charge on any atom is -0.441 e. The summed E-state index contributed by atoms with van der Waals surface area (Å²) in [6.07, 6.45) is 5.31. The van der Waals surface area contributed by atoms with Gasteiger partial charge in [0.1, 0.15) is 5.60 Å². The molecule has 8 heteroatoms. The summed E-state index contributed by atoms with van der Waals surface area (Å²) in [4.78, 5) is 30.7. The van der Waals surface area contributed by atoms with Crippen LogP contribution in [0.2, 0.25) is 0 Å². The number of aromatic nitrogens is 2. The molecule has 39 heavy (non-hydrogen) atoms. The van der Waals surface area contributed by atoms with Gasteiger partial charge in [0.2, 0.25) is 5.91 Å². The predicted molar refractivity (Wildman–Crippen MR) is 146 cm³/mol. The molecule has 1 aromatic heterocycles. The van der Waals surface area contributed by atoms with Gasteiger partial charge in [-0.1, -0.05) is 30.3 Å². The van der Waals surface area contributed by atoms with Crippen molar-refractivity contribution in [2.45, 2.75) is 44.4 Å². The highest BCUT2D eigenvalue weighted by Gasteiger charge is 2.47. The highest BCUT2D eigenvalue weighted by Crippen LogP contribution is 2.41. The molecule has 1 aliphatic carbocycles. The summed E-state index contributed by atoms with van der Waals surface area (Å²) >= 11 is 0. The maximum atomic E-state index is 13.0. The van der Waals surface area contributed by atoms with Gasteiger partial charge in [0, 0.05) is 18.7 Å². The lowest BCUT2D eigenvalue weighted by Crippen LogP contribution is -2.40. The van der Waals surface area contributed by atoms with Crippen LogP contribution in [0.5, 0.6) is 0 Å². The van der Waals surface area contributed by atoms with Crippen molar-refractivity contribution >= 4 is 23.0 Å². The Morgan fingerprint density at radius 3 is 2.77 bits per heavy atom. The predicted octanol–water partition coefficient (Wildman–Crippen LogP) is 5.26. The molecule has 1 spiro atoms. The summed E-state index contributed by atoms with van der Waals surface area (Å²) in [6.45, 7) is 1.83. The average molecular weight is 520 g/mol. The number of hydrogen-bond acceptors (Lipinski definition) is 5. The van der Waals surface area contributed by atoms with Crippen molar-refractivity contribution < 1.29 is 14.3 Å². The van der Waals surface area contributed by atoms with E-state index in [0.29, 0.717) is 30.1 Å². The van der Waals surface area contributed by atoms with Gasteiger partial charge in [0.15, 0.2) is 0 Å². The molecule has 196 valence electrons. The fraction of sp³-hybridized carbons (Fsp3) is 0.290. The van der Waals surface area contributed by atoms with Crippen molar-refractivity contribution in [1.82, 2.24) is 14.5 Å². The van der Waals surface area contributed by atoms with E-state index >= 15 is 0 Å². The van der Waals surface area contributed by atoms with Crippen LogP contribution in [0.4, 0.5) is 4.79 Å². The molecule has 8 nitrogen and oxygen atoms in total. The summed E-state index contributed by atoms with van der Waals surface area (Å²) < 4.78 is 8.19. The van der Waals surface area contributed by atoms with Crippen molar-refractivity contribution in [2.75, 3.05) is 6.54 Å². The summed E-state index contributed by atoms with van der Waals surface area (Å²) in [6, 6.07) is 23.1. The van der Waals surface area contributed by atoms with Crippen LogP contribution in [0.1, 0.15) is 47.2 Å². The Bertz CT molecular complexity index is 1600. The lowest BCUT2D eigenvalue weighted by Gasteiger charge is -2.36. The number of primary amides is 1. The summed E-state index contributed by atoms with van der Waals surface area (Å²) in [5.74, 6) is -0.102. The third kappa shape index (κ3) is 4.96. The van der Waals surface area contributed by atoms with Crippen molar-refractivity contribution in [3.05, 3.63) is 89.7 Å². The molecule has 1 saturated carbocycles. The van der Waals surface area contributed by atoms with E-state index in [-0.39, 0.29) is 6.09 Å². The van der Waals surface area contributed by atoms with Crippen LogP contribution in [-0.2, 0) is 17.8 Å². The molecule has 0 radical (unpaired) electrons. The standard InChI is InChI=1S/C31H29N5O3/c32-16-21-6-11-27-28(14-21)36(20-34-27)18-23-4-2-12-31(15-23)19-35(30(38)39-31)17-22-3-1-5-26(13-22)24-7-9-25(10-8-24)29(33)37/h1,3,5-11,13-14,20,23H,2,4,12,15,17-19H2,(H2,33,37)/t23?,31-/m0/s1. The smallest absolute Gasteiger partial charge is 0.410 e. The third-order valence-corrected chi connectivity index (χ3v) is 7.95. The Labute approximate surface area is 226 Å². The van der Waals surface area contributed by atoms with Gasteiger partial charge in [0.25, 0.3) is 0 Å². The van der Waals surface area contributed by atoms with E-state index < -0.39 is 11.5 Å². The second kappa shape index (κ2) is 9.91. The zero-order chi connectivity index (χ0) is 27.0.